The van der Waals surface area contributed by atoms with E-state index in [1.54, 1.807) is 4.90 Å². The molecule has 1 unspecified atom stereocenters. The van der Waals surface area contributed by atoms with E-state index in [0.717, 1.165) is 38.5 Å². The zero-order valence-electron chi connectivity index (χ0n) is 21.3. The molecule has 2 aliphatic rings. The van der Waals surface area contributed by atoms with E-state index in [-0.39, 0.29) is 11.7 Å². The Morgan fingerprint density at radius 3 is 2.59 bits per heavy atom. The maximum atomic E-state index is 13.3. The van der Waals surface area contributed by atoms with Gasteiger partial charge in [-0.3, -0.25) is 9.79 Å². The predicted octanol–water partition coefficient (Wildman–Crippen LogP) is 5.96. The molecule has 1 fully saturated rings. The molecule has 1 atom stereocenters. The molecule has 1 amide bonds. The van der Waals surface area contributed by atoms with Crippen molar-refractivity contribution < 1.29 is 14.3 Å². The number of unbranched alkanes of at least 4 members (excludes halogenated alkanes) is 2. The van der Waals surface area contributed by atoms with E-state index in [1.807, 2.05) is 25.7 Å². The van der Waals surface area contributed by atoms with Gasteiger partial charge in [0.15, 0.2) is 5.78 Å². The van der Waals surface area contributed by atoms with Gasteiger partial charge in [0.1, 0.15) is 11.6 Å². The number of hydrogen-bond acceptors (Lipinski definition) is 4. The topological polar surface area (TPSA) is 62.2 Å². The van der Waals surface area contributed by atoms with Crippen LogP contribution in [0.25, 0.3) is 0 Å². The largest absolute Gasteiger partial charge is 0.443 e. The van der Waals surface area contributed by atoms with Crippen LogP contribution in [0.3, 0.4) is 0 Å². The molecule has 0 aromatic heterocycles. The molecule has 0 N–H and O–H groups in total. The number of allylic oxidation sites excluding steroid dienone is 1. The molecule has 0 spiro atoms. The lowest BCUT2D eigenvalue weighted by atomic mass is 9.95. The minimum absolute atomic E-state index is 0.0784. The summed E-state index contributed by atoms with van der Waals surface area (Å²) in [4.78, 5) is 35.0. The van der Waals surface area contributed by atoms with Gasteiger partial charge in [0, 0.05) is 13.1 Å². The highest BCUT2D eigenvalue weighted by molar-refractivity contribution is 6.05. The summed E-state index contributed by atoms with van der Waals surface area (Å²) in [5.41, 5.74) is 0.826. The number of guanidine groups is 1. The Morgan fingerprint density at radius 2 is 2.00 bits per heavy atom. The van der Waals surface area contributed by atoms with Crippen molar-refractivity contribution in [3.63, 3.8) is 0 Å². The number of amides is 1. The van der Waals surface area contributed by atoms with Crippen molar-refractivity contribution in [3.8, 4) is 0 Å². The van der Waals surface area contributed by atoms with Crippen LogP contribution in [0.1, 0.15) is 99.3 Å². The third-order valence-electron chi connectivity index (χ3n) is 5.92. The van der Waals surface area contributed by atoms with Crippen LogP contribution in [-0.2, 0) is 9.53 Å². The van der Waals surface area contributed by atoms with Crippen LogP contribution in [-0.4, -0.2) is 58.9 Å². The van der Waals surface area contributed by atoms with Crippen molar-refractivity contribution in [3.05, 3.63) is 11.6 Å². The fourth-order valence-electron chi connectivity index (χ4n) is 4.31. The van der Waals surface area contributed by atoms with Crippen molar-refractivity contribution in [1.82, 2.24) is 9.80 Å². The Morgan fingerprint density at radius 1 is 1.25 bits per heavy atom. The quantitative estimate of drug-likeness (QED) is 0.323. The van der Waals surface area contributed by atoms with Crippen LogP contribution in [0.2, 0.25) is 0 Å². The van der Waals surface area contributed by atoms with Crippen molar-refractivity contribution in [2.75, 3.05) is 19.6 Å². The summed E-state index contributed by atoms with van der Waals surface area (Å²) >= 11 is 0. The molecule has 6 nitrogen and oxygen atoms in total. The number of nitrogens with zero attached hydrogens (tertiary/aromatic N) is 3. The number of carbonyl (C=O) groups excluding carboxylic acids is 2. The Kier molecular flexibility index (Phi) is 10.2. The fraction of sp³-hybridized carbons (Fsp3) is 0.808. The first-order valence-corrected chi connectivity index (χ1v) is 12.6. The van der Waals surface area contributed by atoms with E-state index in [0.29, 0.717) is 32.0 Å². The van der Waals surface area contributed by atoms with Gasteiger partial charge in [-0.2, -0.15) is 0 Å². The molecule has 2 rings (SSSR count). The number of carbonyl (C=O) groups is 2. The van der Waals surface area contributed by atoms with Crippen LogP contribution < -0.4 is 0 Å². The molecule has 0 bridgehead atoms. The van der Waals surface area contributed by atoms with Gasteiger partial charge < -0.3 is 9.64 Å². The van der Waals surface area contributed by atoms with Crippen molar-refractivity contribution in [2.45, 2.75) is 111 Å². The minimum Gasteiger partial charge on any atom is -0.443 e. The van der Waals surface area contributed by atoms with E-state index < -0.39 is 17.7 Å². The zero-order chi connectivity index (χ0) is 23.7. The smallest absolute Gasteiger partial charge is 0.417 e. The summed E-state index contributed by atoms with van der Waals surface area (Å²) < 4.78 is 5.75. The summed E-state index contributed by atoms with van der Waals surface area (Å²) in [5, 5.41) is 0. The number of Topliss-reactive ketones (excluding diaryl/α,β-unsaturated/α-hetero) is 1. The second-order valence-electron chi connectivity index (χ2n) is 10.6. The molecule has 1 saturated heterocycles. The molecule has 0 aromatic carbocycles. The van der Waals surface area contributed by atoms with Crippen molar-refractivity contribution in [1.29, 1.82) is 0 Å². The first-order valence-electron chi connectivity index (χ1n) is 12.6. The van der Waals surface area contributed by atoms with E-state index in [4.69, 9.17) is 9.73 Å². The second kappa shape index (κ2) is 12.4. The highest BCUT2D eigenvalue weighted by Crippen LogP contribution is 2.26. The van der Waals surface area contributed by atoms with E-state index in [1.165, 1.54) is 18.4 Å². The number of rotatable bonds is 9. The fourth-order valence-corrected chi connectivity index (χ4v) is 4.31. The van der Waals surface area contributed by atoms with Gasteiger partial charge in [0.25, 0.3) is 0 Å². The molecule has 0 radical (unpaired) electrons. The second-order valence-corrected chi connectivity index (χ2v) is 10.6. The van der Waals surface area contributed by atoms with Gasteiger partial charge in [-0.15, -0.1) is 0 Å². The monoisotopic (exact) mass is 447 g/mol. The maximum absolute atomic E-state index is 13.3. The van der Waals surface area contributed by atoms with Gasteiger partial charge in [-0.1, -0.05) is 45.3 Å². The van der Waals surface area contributed by atoms with Gasteiger partial charge in [0.05, 0.1) is 6.54 Å². The summed E-state index contributed by atoms with van der Waals surface area (Å²) in [5.74, 6) is 0.987. The van der Waals surface area contributed by atoms with E-state index >= 15 is 0 Å². The van der Waals surface area contributed by atoms with Crippen LogP contribution in [0, 0.1) is 5.92 Å². The van der Waals surface area contributed by atoms with Crippen LogP contribution in [0.15, 0.2) is 16.6 Å². The van der Waals surface area contributed by atoms with Gasteiger partial charge in [0.2, 0.25) is 5.96 Å². The highest BCUT2D eigenvalue weighted by atomic mass is 16.6. The molecule has 6 heteroatoms. The Bertz CT molecular complexity index is 691. The predicted molar refractivity (Wildman–Crippen MR) is 131 cm³/mol. The maximum Gasteiger partial charge on any atom is 0.417 e. The van der Waals surface area contributed by atoms with Gasteiger partial charge >= 0.3 is 6.09 Å². The highest BCUT2D eigenvalue weighted by Gasteiger charge is 2.43. The average molecular weight is 448 g/mol. The number of ketones is 1. The lowest BCUT2D eigenvalue weighted by Crippen LogP contribution is -2.63. The molecule has 1 heterocycles. The normalized spacial score (nSPS) is 21.3. The summed E-state index contributed by atoms with van der Waals surface area (Å²) in [7, 11) is 0. The Hall–Kier alpha value is -1.85. The third-order valence-corrected chi connectivity index (χ3v) is 5.92. The molecule has 0 aromatic rings. The van der Waals surface area contributed by atoms with Gasteiger partial charge in [-0.05, 0) is 71.6 Å². The van der Waals surface area contributed by atoms with Gasteiger partial charge in [-0.25, -0.2) is 9.69 Å². The van der Waals surface area contributed by atoms with E-state index in [2.05, 4.69) is 26.8 Å². The molecule has 32 heavy (non-hydrogen) atoms. The first kappa shape index (κ1) is 26.4. The summed E-state index contributed by atoms with van der Waals surface area (Å²) in [6.07, 6.45) is 11.4. The average Bonchev–Trinajstić information content (AvgIpc) is 2.71. The van der Waals surface area contributed by atoms with Crippen molar-refractivity contribution in [2.24, 2.45) is 10.9 Å². The lowest BCUT2D eigenvalue weighted by molar-refractivity contribution is -0.126. The first-order chi connectivity index (χ1) is 15.1. The Balaban J connectivity index is 2.33. The molecular formula is C26H45N3O3. The van der Waals surface area contributed by atoms with Crippen LogP contribution in [0.5, 0.6) is 0 Å². The van der Waals surface area contributed by atoms with Crippen molar-refractivity contribution >= 4 is 17.8 Å². The SMILES string of the molecule is CCCCCN=C1N(CCC2=CCCCC2)CC(=O)C(CC(C)C)N1C(=O)OC(C)(C)C. The molecular weight excluding hydrogens is 402 g/mol. The molecule has 1 aliphatic heterocycles. The zero-order valence-corrected chi connectivity index (χ0v) is 21.3. The summed E-state index contributed by atoms with van der Waals surface area (Å²) in [6.45, 7) is 13.6. The Labute approximate surface area is 195 Å². The third kappa shape index (κ3) is 8.25. The molecule has 1 aliphatic carbocycles. The number of aliphatic imine (C=N–C) groups is 1. The lowest BCUT2D eigenvalue weighted by Gasteiger charge is -2.43. The summed E-state index contributed by atoms with van der Waals surface area (Å²) in [6, 6.07) is -0.514. The van der Waals surface area contributed by atoms with Crippen LogP contribution >= 0.6 is 0 Å². The molecule has 182 valence electrons. The molecule has 0 saturated carbocycles. The standard InChI is InChI=1S/C26H45N3O3/c1-7-8-12-16-27-24-28(17-15-21-13-10-9-11-14-21)19-23(30)22(18-20(2)3)29(24)25(31)32-26(4,5)6/h13,20,22H,7-12,14-19H2,1-6H3. The minimum atomic E-state index is -0.634. The number of ether oxygens (including phenoxy) is 1. The number of hydrogen-bond donors (Lipinski definition) is 0. The van der Waals surface area contributed by atoms with E-state index in [9.17, 15) is 9.59 Å². The van der Waals surface area contributed by atoms with Crippen LogP contribution in [0.4, 0.5) is 4.79 Å².